The van der Waals surface area contributed by atoms with E-state index in [0.717, 1.165) is 16.5 Å². The van der Waals surface area contributed by atoms with Gasteiger partial charge in [-0.25, -0.2) is 9.97 Å². The molecular formula is C16H22N4OS. The molecule has 1 atom stereocenters. The number of hydrogen-bond donors (Lipinski definition) is 2. The molecule has 5 nitrogen and oxygen atoms in total. The second-order valence-corrected chi connectivity index (χ2v) is 6.31. The summed E-state index contributed by atoms with van der Waals surface area (Å²) in [4.78, 5) is 20.6. The first-order valence-electron chi connectivity index (χ1n) is 7.47. The highest BCUT2D eigenvalue weighted by Gasteiger charge is 2.12. The summed E-state index contributed by atoms with van der Waals surface area (Å²) in [6.07, 6.45) is 1.58. The predicted octanol–water partition coefficient (Wildman–Crippen LogP) is 3.58. The maximum Gasteiger partial charge on any atom is 0.252 e. The van der Waals surface area contributed by atoms with Crippen LogP contribution in [0.4, 0.5) is 5.82 Å². The van der Waals surface area contributed by atoms with Crippen molar-refractivity contribution in [2.24, 2.45) is 0 Å². The number of rotatable bonds is 6. The first-order valence-corrected chi connectivity index (χ1v) is 8.35. The standard InChI is InChI=1S/C16H22N4OS/c1-5-17-15(21)12-6-7-14(18-8-12)19-11(4)13-9-22-16(20-13)10(2)3/h6-11H,5H2,1-4H3,(H,17,21)(H,18,19). The van der Waals surface area contributed by atoms with Crippen molar-refractivity contribution in [3.05, 3.63) is 40.0 Å². The number of anilines is 1. The molecule has 0 spiro atoms. The Morgan fingerprint density at radius 1 is 1.32 bits per heavy atom. The highest BCUT2D eigenvalue weighted by atomic mass is 32.1. The van der Waals surface area contributed by atoms with Gasteiger partial charge in [-0.2, -0.15) is 0 Å². The molecule has 1 amide bonds. The van der Waals surface area contributed by atoms with Crippen molar-refractivity contribution >= 4 is 23.1 Å². The summed E-state index contributed by atoms with van der Waals surface area (Å²) in [5.41, 5.74) is 1.58. The van der Waals surface area contributed by atoms with Crippen LogP contribution < -0.4 is 10.6 Å². The zero-order valence-corrected chi connectivity index (χ0v) is 14.2. The third kappa shape index (κ3) is 4.04. The number of aromatic nitrogens is 2. The molecule has 0 saturated carbocycles. The first-order chi connectivity index (χ1) is 10.5. The van der Waals surface area contributed by atoms with Crippen LogP contribution in [0.15, 0.2) is 23.7 Å². The molecule has 6 heteroatoms. The number of nitrogens with one attached hydrogen (secondary N) is 2. The van der Waals surface area contributed by atoms with Crippen molar-refractivity contribution in [3.8, 4) is 0 Å². The normalized spacial score (nSPS) is 12.2. The van der Waals surface area contributed by atoms with Crippen LogP contribution >= 0.6 is 11.3 Å². The summed E-state index contributed by atoms with van der Waals surface area (Å²) in [6, 6.07) is 3.66. The van der Waals surface area contributed by atoms with Gasteiger partial charge in [0.05, 0.1) is 22.3 Å². The van der Waals surface area contributed by atoms with Crippen LogP contribution in [0.5, 0.6) is 0 Å². The zero-order valence-electron chi connectivity index (χ0n) is 13.4. The van der Waals surface area contributed by atoms with Gasteiger partial charge in [0, 0.05) is 24.0 Å². The van der Waals surface area contributed by atoms with Crippen LogP contribution in [0, 0.1) is 0 Å². The Kier molecular flexibility index (Phi) is 5.49. The lowest BCUT2D eigenvalue weighted by molar-refractivity contribution is 0.0955. The van der Waals surface area contributed by atoms with Gasteiger partial charge in [-0.15, -0.1) is 11.3 Å². The van der Waals surface area contributed by atoms with Crippen LogP contribution in [-0.4, -0.2) is 22.4 Å². The van der Waals surface area contributed by atoms with Crippen LogP contribution in [0.1, 0.15) is 60.7 Å². The number of hydrogen-bond acceptors (Lipinski definition) is 5. The smallest absolute Gasteiger partial charge is 0.252 e. The third-order valence-electron chi connectivity index (χ3n) is 3.20. The third-order valence-corrected chi connectivity index (χ3v) is 4.37. The van der Waals surface area contributed by atoms with Crippen molar-refractivity contribution < 1.29 is 4.79 Å². The lowest BCUT2D eigenvalue weighted by Crippen LogP contribution is -2.22. The Morgan fingerprint density at radius 2 is 2.09 bits per heavy atom. The van der Waals surface area contributed by atoms with Crippen molar-refractivity contribution in [1.29, 1.82) is 0 Å². The van der Waals surface area contributed by atoms with Gasteiger partial charge in [-0.1, -0.05) is 13.8 Å². The minimum absolute atomic E-state index is 0.0755. The maximum absolute atomic E-state index is 11.7. The minimum Gasteiger partial charge on any atom is -0.362 e. The Bertz CT molecular complexity index is 621. The monoisotopic (exact) mass is 318 g/mol. The van der Waals surface area contributed by atoms with E-state index in [1.54, 1.807) is 23.6 Å². The average Bonchev–Trinajstić information content (AvgIpc) is 2.98. The number of pyridine rings is 1. The number of amides is 1. The first kappa shape index (κ1) is 16.4. The minimum atomic E-state index is -0.101. The highest BCUT2D eigenvalue weighted by Crippen LogP contribution is 2.24. The zero-order chi connectivity index (χ0) is 16.1. The SMILES string of the molecule is CCNC(=O)c1ccc(NC(C)c2csc(C(C)C)n2)nc1. The fourth-order valence-corrected chi connectivity index (χ4v) is 2.87. The van der Waals surface area contributed by atoms with Gasteiger partial charge < -0.3 is 10.6 Å². The molecule has 2 rings (SSSR count). The molecule has 0 aromatic carbocycles. The molecule has 0 radical (unpaired) electrons. The van der Waals surface area contributed by atoms with Gasteiger partial charge in [0.15, 0.2) is 0 Å². The van der Waals surface area contributed by atoms with E-state index in [0.29, 0.717) is 18.0 Å². The van der Waals surface area contributed by atoms with Gasteiger partial charge in [-0.3, -0.25) is 4.79 Å². The van der Waals surface area contributed by atoms with Crippen LogP contribution in [-0.2, 0) is 0 Å². The number of thiazole rings is 1. The summed E-state index contributed by atoms with van der Waals surface area (Å²) < 4.78 is 0. The number of carbonyl (C=O) groups is 1. The van der Waals surface area contributed by atoms with E-state index in [1.807, 2.05) is 13.0 Å². The summed E-state index contributed by atoms with van der Waals surface area (Å²) in [5.74, 6) is 1.08. The van der Waals surface area contributed by atoms with Crippen LogP contribution in [0.2, 0.25) is 0 Å². The van der Waals surface area contributed by atoms with E-state index >= 15 is 0 Å². The largest absolute Gasteiger partial charge is 0.362 e. The molecule has 0 bridgehead atoms. The maximum atomic E-state index is 11.7. The van der Waals surface area contributed by atoms with E-state index < -0.39 is 0 Å². The fraction of sp³-hybridized carbons (Fsp3) is 0.438. The quantitative estimate of drug-likeness (QED) is 0.854. The van der Waals surface area contributed by atoms with Crippen molar-refractivity contribution in [2.45, 2.75) is 39.7 Å². The molecule has 22 heavy (non-hydrogen) atoms. The molecule has 2 aromatic heterocycles. The second kappa shape index (κ2) is 7.35. The van der Waals surface area contributed by atoms with Crippen LogP contribution in [0.25, 0.3) is 0 Å². The van der Waals surface area contributed by atoms with Gasteiger partial charge >= 0.3 is 0 Å². The summed E-state index contributed by atoms with van der Waals surface area (Å²) >= 11 is 1.68. The molecule has 0 saturated heterocycles. The van der Waals surface area contributed by atoms with E-state index in [1.165, 1.54) is 0 Å². The molecule has 0 aliphatic carbocycles. The second-order valence-electron chi connectivity index (χ2n) is 5.42. The summed E-state index contributed by atoms with van der Waals surface area (Å²) in [5, 5.41) is 9.28. The van der Waals surface area contributed by atoms with Gasteiger partial charge in [0.1, 0.15) is 5.82 Å². The van der Waals surface area contributed by atoms with E-state index in [2.05, 4.69) is 46.8 Å². The molecule has 1 unspecified atom stereocenters. The lowest BCUT2D eigenvalue weighted by Gasteiger charge is -2.12. The van der Waals surface area contributed by atoms with Gasteiger partial charge in [-0.05, 0) is 26.0 Å². The van der Waals surface area contributed by atoms with E-state index in [4.69, 9.17) is 0 Å². The molecule has 0 aliphatic heterocycles. The van der Waals surface area contributed by atoms with Crippen molar-refractivity contribution in [3.63, 3.8) is 0 Å². The highest BCUT2D eigenvalue weighted by molar-refractivity contribution is 7.09. The summed E-state index contributed by atoms with van der Waals surface area (Å²) in [6.45, 7) is 8.84. The molecule has 0 fully saturated rings. The molecule has 2 heterocycles. The van der Waals surface area contributed by atoms with E-state index in [9.17, 15) is 4.79 Å². The van der Waals surface area contributed by atoms with Crippen molar-refractivity contribution in [1.82, 2.24) is 15.3 Å². The Labute approximate surface area is 135 Å². The Balaban J connectivity index is 2.01. The van der Waals surface area contributed by atoms with Gasteiger partial charge in [0.25, 0.3) is 5.91 Å². The van der Waals surface area contributed by atoms with Crippen LogP contribution in [0.3, 0.4) is 0 Å². The lowest BCUT2D eigenvalue weighted by atomic mass is 10.2. The Morgan fingerprint density at radius 3 is 2.64 bits per heavy atom. The average molecular weight is 318 g/mol. The number of carbonyl (C=O) groups excluding carboxylic acids is 1. The molecule has 0 aliphatic rings. The number of nitrogens with zero attached hydrogens (tertiary/aromatic N) is 2. The molecule has 2 aromatic rings. The molecular weight excluding hydrogens is 296 g/mol. The van der Waals surface area contributed by atoms with Gasteiger partial charge in [0.2, 0.25) is 0 Å². The predicted molar refractivity (Wildman–Crippen MR) is 90.5 cm³/mol. The molecule has 2 N–H and O–H groups in total. The van der Waals surface area contributed by atoms with Crippen molar-refractivity contribution in [2.75, 3.05) is 11.9 Å². The summed E-state index contributed by atoms with van der Waals surface area (Å²) in [7, 11) is 0. The molecule has 118 valence electrons. The Hall–Kier alpha value is -1.95. The topological polar surface area (TPSA) is 66.9 Å². The fourth-order valence-electron chi connectivity index (χ4n) is 1.94. The van der Waals surface area contributed by atoms with E-state index in [-0.39, 0.29) is 11.9 Å².